The molecule has 0 saturated heterocycles. The standard InChI is InChI=1S/C21H22BrN3O/c1-26-20-8-3-2-6-15(20)14-19-18-7-4-5-13-23-21(18)25(24-19)17-11-9-16(22)10-12-17/h2-3,6,8-12,23H,4-5,7,13-14H2,1H3. The summed E-state index contributed by atoms with van der Waals surface area (Å²) in [5.41, 5.74) is 4.70. The largest absolute Gasteiger partial charge is 0.496 e. The van der Waals surface area contributed by atoms with Gasteiger partial charge < -0.3 is 10.1 Å². The number of nitrogens with one attached hydrogen (secondary N) is 1. The van der Waals surface area contributed by atoms with Gasteiger partial charge in [0, 0.05) is 28.6 Å². The number of fused-ring (bicyclic) bond motifs is 1. The minimum absolute atomic E-state index is 0.775. The van der Waals surface area contributed by atoms with Crippen molar-refractivity contribution in [3.63, 3.8) is 0 Å². The molecule has 3 aromatic rings. The van der Waals surface area contributed by atoms with Gasteiger partial charge in [-0.2, -0.15) is 5.10 Å². The normalized spacial score (nSPS) is 13.6. The van der Waals surface area contributed by atoms with E-state index >= 15 is 0 Å². The number of para-hydroxylation sites is 1. The number of rotatable bonds is 4. The fraction of sp³-hybridized carbons (Fsp3) is 0.286. The molecule has 5 heteroatoms. The minimum atomic E-state index is 0.775. The Morgan fingerprint density at radius 2 is 1.92 bits per heavy atom. The topological polar surface area (TPSA) is 39.1 Å². The van der Waals surface area contributed by atoms with E-state index < -0.39 is 0 Å². The maximum absolute atomic E-state index is 5.54. The number of hydrogen-bond acceptors (Lipinski definition) is 3. The van der Waals surface area contributed by atoms with Crippen LogP contribution in [0.3, 0.4) is 0 Å². The Hall–Kier alpha value is -2.27. The van der Waals surface area contributed by atoms with Crippen LogP contribution in [-0.2, 0) is 12.8 Å². The molecule has 0 saturated carbocycles. The summed E-state index contributed by atoms with van der Waals surface area (Å²) in [5.74, 6) is 2.05. The molecule has 1 aliphatic rings. The van der Waals surface area contributed by atoms with Crippen LogP contribution in [0.25, 0.3) is 5.69 Å². The zero-order valence-electron chi connectivity index (χ0n) is 14.8. The van der Waals surface area contributed by atoms with Gasteiger partial charge in [-0.25, -0.2) is 4.68 Å². The highest BCUT2D eigenvalue weighted by Crippen LogP contribution is 2.31. The molecule has 0 spiro atoms. The van der Waals surface area contributed by atoms with Crippen molar-refractivity contribution in [3.8, 4) is 11.4 Å². The van der Waals surface area contributed by atoms with Gasteiger partial charge >= 0.3 is 0 Å². The van der Waals surface area contributed by atoms with Gasteiger partial charge in [0.1, 0.15) is 11.6 Å². The van der Waals surface area contributed by atoms with E-state index in [-0.39, 0.29) is 0 Å². The van der Waals surface area contributed by atoms with Crippen molar-refractivity contribution in [1.82, 2.24) is 9.78 Å². The third-order valence-electron chi connectivity index (χ3n) is 4.83. The number of ether oxygens (including phenoxy) is 1. The van der Waals surface area contributed by atoms with Gasteiger partial charge in [0.25, 0.3) is 0 Å². The molecule has 26 heavy (non-hydrogen) atoms. The lowest BCUT2D eigenvalue weighted by Crippen LogP contribution is -2.07. The molecule has 4 nitrogen and oxygen atoms in total. The molecule has 1 aromatic heterocycles. The first-order valence-corrected chi connectivity index (χ1v) is 9.78. The van der Waals surface area contributed by atoms with Crippen LogP contribution in [0.15, 0.2) is 53.0 Å². The zero-order valence-corrected chi connectivity index (χ0v) is 16.4. The van der Waals surface area contributed by atoms with Crippen LogP contribution in [0.1, 0.15) is 29.7 Å². The summed E-state index contributed by atoms with van der Waals surface area (Å²) in [4.78, 5) is 0. The number of hydrogen-bond donors (Lipinski definition) is 1. The summed E-state index contributed by atoms with van der Waals surface area (Å²) in [6.07, 6.45) is 4.20. The summed E-state index contributed by atoms with van der Waals surface area (Å²) >= 11 is 3.51. The van der Waals surface area contributed by atoms with E-state index in [2.05, 4.69) is 62.3 Å². The molecule has 0 bridgehead atoms. The molecule has 0 aliphatic carbocycles. The Labute approximate surface area is 162 Å². The predicted molar refractivity (Wildman–Crippen MR) is 108 cm³/mol. The molecule has 2 heterocycles. The van der Waals surface area contributed by atoms with Gasteiger partial charge in [0.05, 0.1) is 18.5 Å². The lowest BCUT2D eigenvalue weighted by atomic mass is 10.0. The summed E-state index contributed by atoms with van der Waals surface area (Å²) in [7, 11) is 1.72. The molecule has 0 amide bonds. The monoisotopic (exact) mass is 411 g/mol. The smallest absolute Gasteiger partial charge is 0.133 e. The molecule has 1 aliphatic heterocycles. The summed E-state index contributed by atoms with van der Waals surface area (Å²) in [6.45, 7) is 0.989. The lowest BCUT2D eigenvalue weighted by molar-refractivity contribution is 0.410. The number of aromatic nitrogens is 2. The Morgan fingerprint density at radius 3 is 2.73 bits per heavy atom. The second-order valence-corrected chi connectivity index (χ2v) is 7.45. The van der Waals surface area contributed by atoms with Crippen molar-refractivity contribution in [2.75, 3.05) is 19.0 Å². The average Bonchev–Trinajstić information content (AvgIpc) is 2.84. The van der Waals surface area contributed by atoms with Crippen LogP contribution in [0, 0.1) is 0 Å². The van der Waals surface area contributed by atoms with Crippen molar-refractivity contribution in [3.05, 3.63) is 69.8 Å². The van der Waals surface area contributed by atoms with Crippen LogP contribution < -0.4 is 10.1 Å². The Bertz CT molecular complexity index is 902. The Kier molecular flexibility index (Phi) is 4.98. The SMILES string of the molecule is COc1ccccc1Cc1nn(-c2ccc(Br)cc2)c2c1CCCCN2. The first kappa shape index (κ1) is 17.2. The van der Waals surface area contributed by atoms with E-state index in [0.29, 0.717) is 0 Å². The maximum atomic E-state index is 5.54. The first-order valence-electron chi connectivity index (χ1n) is 8.99. The van der Waals surface area contributed by atoms with Crippen molar-refractivity contribution in [2.45, 2.75) is 25.7 Å². The molecular weight excluding hydrogens is 390 g/mol. The predicted octanol–water partition coefficient (Wildman–Crippen LogP) is 4.98. The van der Waals surface area contributed by atoms with Crippen LogP contribution >= 0.6 is 15.9 Å². The van der Waals surface area contributed by atoms with Gasteiger partial charge in [-0.3, -0.25) is 0 Å². The molecule has 134 valence electrons. The number of anilines is 1. The molecule has 0 fully saturated rings. The second kappa shape index (κ2) is 7.54. The molecule has 0 radical (unpaired) electrons. The van der Waals surface area contributed by atoms with Gasteiger partial charge in [-0.05, 0) is 49.6 Å². The highest BCUT2D eigenvalue weighted by atomic mass is 79.9. The summed E-state index contributed by atoms with van der Waals surface area (Å²) in [6, 6.07) is 16.5. The maximum Gasteiger partial charge on any atom is 0.133 e. The van der Waals surface area contributed by atoms with Crippen LogP contribution in [0.2, 0.25) is 0 Å². The molecular formula is C21H22BrN3O. The second-order valence-electron chi connectivity index (χ2n) is 6.53. The van der Waals surface area contributed by atoms with E-state index in [9.17, 15) is 0 Å². The number of halogens is 1. The van der Waals surface area contributed by atoms with Gasteiger partial charge in [0.2, 0.25) is 0 Å². The third kappa shape index (κ3) is 3.36. The van der Waals surface area contributed by atoms with Crippen molar-refractivity contribution >= 4 is 21.7 Å². The first-order chi connectivity index (χ1) is 12.8. The number of nitrogens with zero attached hydrogens (tertiary/aromatic N) is 2. The van der Waals surface area contributed by atoms with E-state index in [4.69, 9.17) is 9.84 Å². The molecule has 0 atom stereocenters. The lowest BCUT2D eigenvalue weighted by Gasteiger charge is -2.09. The van der Waals surface area contributed by atoms with Crippen molar-refractivity contribution in [1.29, 1.82) is 0 Å². The van der Waals surface area contributed by atoms with E-state index in [0.717, 1.165) is 46.8 Å². The Morgan fingerprint density at radius 1 is 1.12 bits per heavy atom. The van der Waals surface area contributed by atoms with Gasteiger partial charge in [0.15, 0.2) is 0 Å². The van der Waals surface area contributed by atoms with E-state index in [1.807, 2.05) is 12.1 Å². The quantitative estimate of drug-likeness (QED) is 0.657. The highest BCUT2D eigenvalue weighted by Gasteiger charge is 2.21. The van der Waals surface area contributed by atoms with Crippen molar-refractivity contribution in [2.24, 2.45) is 0 Å². The average molecular weight is 412 g/mol. The molecule has 4 rings (SSSR count). The number of methoxy groups -OCH3 is 1. The zero-order chi connectivity index (χ0) is 17.9. The van der Waals surface area contributed by atoms with Crippen LogP contribution in [0.4, 0.5) is 5.82 Å². The minimum Gasteiger partial charge on any atom is -0.496 e. The van der Waals surface area contributed by atoms with E-state index in [1.165, 1.54) is 24.0 Å². The fourth-order valence-corrected chi connectivity index (χ4v) is 3.78. The fourth-order valence-electron chi connectivity index (χ4n) is 3.51. The third-order valence-corrected chi connectivity index (χ3v) is 5.36. The summed E-state index contributed by atoms with van der Waals surface area (Å²) < 4.78 is 8.66. The molecule has 1 N–H and O–H groups in total. The van der Waals surface area contributed by atoms with E-state index in [1.54, 1.807) is 7.11 Å². The van der Waals surface area contributed by atoms with Crippen molar-refractivity contribution < 1.29 is 4.74 Å². The molecule has 0 unspecified atom stereocenters. The number of benzene rings is 2. The van der Waals surface area contributed by atoms with Gasteiger partial charge in [-0.15, -0.1) is 0 Å². The Balaban J connectivity index is 1.78. The summed E-state index contributed by atoms with van der Waals surface area (Å²) in [5, 5.41) is 8.59. The van der Waals surface area contributed by atoms with Crippen LogP contribution in [0.5, 0.6) is 5.75 Å². The van der Waals surface area contributed by atoms with Gasteiger partial charge in [-0.1, -0.05) is 34.1 Å². The molecule has 2 aromatic carbocycles. The highest BCUT2D eigenvalue weighted by molar-refractivity contribution is 9.10. The van der Waals surface area contributed by atoms with Crippen LogP contribution in [-0.4, -0.2) is 23.4 Å².